The molecule has 1 aliphatic rings. The van der Waals surface area contributed by atoms with Crippen LogP contribution in [-0.2, 0) is 30.4 Å². The van der Waals surface area contributed by atoms with E-state index in [4.69, 9.17) is 18.6 Å². The smallest absolute Gasteiger partial charge is 0.348 e. The monoisotopic (exact) mass is 432 g/mol. The van der Waals surface area contributed by atoms with Gasteiger partial charge in [0.1, 0.15) is 23.7 Å². The van der Waals surface area contributed by atoms with Crippen molar-refractivity contribution in [3.8, 4) is 11.3 Å². The summed E-state index contributed by atoms with van der Waals surface area (Å²) in [6.45, 7) is 3.12. The first-order chi connectivity index (χ1) is 15.3. The average Bonchev–Trinajstić information content (AvgIpc) is 3.24. The highest BCUT2D eigenvalue weighted by Crippen LogP contribution is 2.27. The Kier molecular flexibility index (Phi) is 5.64. The van der Waals surface area contributed by atoms with Crippen molar-refractivity contribution in [2.24, 2.45) is 0 Å². The molecule has 1 saturated heterocycles. The molecule has 0 spiro atoms. The molecule has 1 fully saturated rings. The molecule has 0 amide bonds. The number of ether oxygens (including phenoxy) is 3. The van der Waals surface area contributed by atoms with Crippen molar-refractivity contribution >= 4 is 24.0 Å². The summed E-state index contributed by atoms with van der Waals surface area (Å²) in [6, 6.07) is 19.5. The van der Waals surface area contributed by atoms with Gasteiger partial charge < -0.3 is 18.6 Å². The first-order valence-electron chi connectivity index (χ1n) is 9.90. The van der Waals surface area contributed by atoms with E-state index in [0.29, 0.717) is 16.9 Å². The van der Waals surface area contributed by atoms with Crippen LogP contribution in [0.2, 0.25) is 0 Å². The number of hydrogen-bond acceptors (Lipinski definition) is 7. The lowest BCUT2D eigenvalue weighted by molar-refractivity contribution is -0.222. The van der Waals surface area contributed by atoms with Gasteiger partial charge in [-0.3, -0.25) is 0 Å². The highest BCUT2D eigenvalue weighted by atomic mass is 16.7. The largest absolute Gasteiger partial charge is 0.457 e. The Morgan fingerprint density at radius 1 is 0.938 bits per heavy atom. The molecule has 0 radical (unpaired) electrons. The van der Waals surface area contributed by atoms with Crippen LogP contribution < -0.4 is 0 Å². The molecule has 3 aromatic rings. The molecule has 162 valence electrons. The zero-order valence-electron chi connectivity index (χ0n) is 17.5. The van der Waals surface area contributed by atoms with Crippen LogP contribution in [0.1, 0.15) is 35.5 Å². The van der Waals surface area contributed by atoms with Gasteiger partial charge in [0, 0.05) is 25.5 Å². The molecule has 7 heteroatoms. The summed E-state index contributed by atoms with van der Waals surface area (Å²) in [5, 5.41) is 0. The van der Waals surface area contributed by atoms with Crippen LogP contribution in [0, 0.1) is 0 Å². The summed E-state index contributed by atoms with van der Waals surface area (Å²) in [5.41, 5.74) is 1.64. The Morgan fingerprint density at radius 3 is 2.38 bits per heavy atom. The van der Waals surface area contributed by atoms with Crippen LogP contribution in [0.25, 0.3) is 17.4 Å². The number of benzene rings is 2. The van der Waals surface area contributed by atoms with Crippen molar-refractivity contribution in [1.82, 2.24) is 0 Å². The van der Waals surface area contributed by atoms with E-state index in [0.717, 1.165) is 5.56 Å². The molecule has 0 saturated carbocycles. The molecule has 4 rings (SSSR count). The first kappa shape index (κ1) is 21.1. The standard InChI is InChI=1S/C25H20O7/c1-25(2)31-23(27)20(24(28)32-25)14-19-11-12-21(30-19)17-9-6-10-18(13-17)22(26)29-15-16-7-4-3-5-8-16/h3-14H,15H2,1-2H3. The van der Waals surface area contributed by atoms with Gasteiger partial charge in [-0.25, -0.2) is 14.4 Å². The SMILES string of the molecule is CC1(C)OC(=O)C(=Cc2ccc(-c3cccc(C(=O)OCc4ccccc4)c3)o2)C(=O)O1. The Hall–Kier alpha value is -4.13. The second-order valence-electron chi connectivity index (χ2n) is 7.58. The van der Waals surface area contributed by atoms with E-state index >= 15 is 0 Å². The minimum atomic E-state index is -1.31. The molecule has 1 aliphatic heterocycles. The van der Waals surface area contributed by atoms with Gasteiger partial charge >= 0.3 is 17.9 Å². The van der Waals surface area contributed by atoms with Crippen molar-refractivity contribution in [3.63, 3.8) is 0 Å². The summed E-state index contributed by atoms with van der Waals surface area (Å²) >= 11 is 0. The quantitative estimate of drug-likeness (QED) is 0.332. The van der Waals surface area contributed by atoms with E-state index in [-0.39, 0.29) is 17.9 Å². The Bertz CT molecular complexity index is 1180. The van der Waals surface area contributed by atoms with Gasteiger partial charge in [0.25, 0.3) is 5.79 Å². The third-order valence-corrected chi connectivity index (χ3v) is 4.63. The number of rotatable bonds is 5. The van der Waals surface area contributed by atoms with E-state index in [1.807, 2.05) is 30.3 Å². The Balaban J connectivity index is 1.49. The number of carbonyl (C=O) groups excluding carboxylic acids is 3. The third kappa shape index (κ3) is 4.78. The van der Waals surface area contributed by atoms with Gasteiger partial charge in [-0.15, -0.1) is 0 Å². The average molecular weight is 432 g/mol. The fourth-order valence-electron chi connectivity index (χ4n) is 3.11. The van der Waals surface area contributed by atoms with Gasteiger partial charge in [-0.2, -0.15) is 0 Å². The van der Waals surface area contributed by atoms with Crippen LogP contribution in [0.4, 0.5) is 0 Å². The summed E-state index contributed by atoms with van der Waals surface area (Å²) in [4.78, 5) is 36.6. The molecule has 7 nitrogen and oxygen atoms in total. The van der Waals surface area contributed by atoms with Crippen molar-refractivity contribution < 1.29 is 33.0 Å². The van der Waals surface area contributed by atoms with E-state index in [1.54, 1.807) is 36.4 Å². The minimum absolute atomic E-state index is 0.172. The maximum absolute atomic E-state index is 12.4. The minimum Gasteiger partial charge on any atom is -0.457 e. The second-order valence-corrected chi connectivity index (χ2v) is 7.58. The molecule has 32 heavy (non-hydrogen) atoms. The molecule has 0 atom stereocenters. The lowest BCUT2D eigenvalue weighted by atomic mass is 10.1. The van der Waals surface area contributed by atoms with Crippen molar-refractivity contribution in [2.45, 2.75) is 26.2 Å². The number of hydrogen-bond donors (Lipinski definition) is 0. The molecular weight excluding hydrogens is 412 g/mol. The number of furan rings is 1. The topological polar surface area (TPSA) is 92.0 Å². The van der Waals surface area contributed by atoms with Gasteiger partial charge in [0.15, 0.2) is 0 Å². The van der Waals surface area contributed by atoms with E-state index < -0.39 is 23.7 Å². The predicted octanol–water partition coefficient (Wildman–Crippen LogP) is 4.52. The normalized spacial score (nSPS) is 15.0. The number of esters is 3. The Labute approximate surface area is 184 Å². The first-order valence-corrected chi connectivity index (χ1v) is 9.90. The van der Waals surface area contributed by atoms with Crippen molar-refractivity contribution in [2.75, 3.05) is 0 Å². The predicted molar refractivity (Wildman–Crippen MR) is 114 cm³/mol. The summed E-state index contributed by atoms with van der Waals surface area (Å²) in [6.07, 6.45) is 1.27. The molecule has 2 heterocycles. The van der Waals surface area contributed by atoms with Crippen molar-refractivity contribution in [1.29, 1.82) is 0 Å². The Morgan fingerprint density at radius 2 is 1.66 bits per heavy atom. The molecular formula is C25H20O7. The van der Waals surface area contributed by atoms with E-state index in [1.165, 1.54) is 19.9 Å². The molecule has 0 N–H and O–H groups in total. The lowest BCUT2D eigenvalue weighted by Gasteiger charge is -2.29. The van der Waals surface area contributed by atoms with Gasteiger partial charge in [-0.05, 0) is 29.8 Å². The molecule has 0 bridgehead atoms. The number of cyclic esters (lactones) is 2. The number of carbonyl (C=O) groups is 3. The molecule has 2 aromatic carbocycles. The summed E-state index contributed by atoms with van der Waals surface area (Å²) < 4.78 is 21.3. The second kappa shape index (κ2) is 8.55. The van der Waals surface area contributed by atoms with E-state index in [2.05, 4.69) is 0 Å². The van der Waals surface area contributed by atoms with Crippen LogP contribution in [0.15, 0.2) is 76.7 Å². The highest BCUT2D eigenvalue weighted by Gasteiger charge is 2.39. The van der Waals surface area contributed by atoms with Crippen LogP contribution >= 0.6 is 0 Å². The molecule has 1 aromatic heterocycles. The summed E-state index contributed by atoms with van der Waals surface area (Å²) in [5.74, 6) is -2.62. The van der Waals surface area contributed by atoms with E-state index in [9.17, 15) is 14.4 Å². The van der Waals surface area contributed by atoms with Crippen LogP contribution in [0.5, 0.6) is 0 Å². The van der Waals surface area contributed by atoms with Crippen molar-refractivity contribution in [3.05, 3.63) is 89.2 Å². The zero-order chi connectivity index (χ0) is 22.7. The fraction of sp³-hybridized carbons (Fsp3) is 0.160. The maximum Gasteiger partial charge on any atom is 0.348 e. The zero-order valence-corrected chi connectivity index (χ0v) is 17.5. The lowest BCUT2D eigenvalue weighted by Crippen LogP contribution is -2.41. The summed E-state index contributed by atoms with van der Waals surface area (Å²) in [7, 11) is 0. The third-order valence-electron chi connectivity index (χ3n) is 4.63. The maximum atomic E-state index is 12.4. The molecule has 0 aliphatic carbocycles. The van der Waals surface area contributed by atoms with Gasteiger partial charge in [0.2, 0.25) is 0 Å². The van der Waals surface area contributed by atoms with Crippen LogP contribution in [-0.4, -0.2) is 23.7 Å². The fourth-order valence-corrected chi connectivity index (χ4v) is 3.11. The van der Waals surface area contributed by atoms with Crippen LogP contribution in [0.3, 0.4) is 0 Å². The highest BCUT2D eigenvalue weighted by molar-refractivity contribution is 6.18. The van der Waals surface area contributed by atoms with Gasteiger partial charge in [0.05, 0.1) is 5.56 Å². The molecule has 0 unspecified atom stereocenters. The van der Waals surface area contributed by atoms with Gasteiger partial charge in [-0.1, -0.05) is 42.5 Å².